The fraction of sp³-hybridized carbons (Fsp3) is 0.214. The molecule has 5 nitrogen and oxygen atoms in total. The molecule has 0 fully saturated rings. The van der Waals surface area contributed by atoms with Crippen LogP contribution in [0.1, 0.15) is 21.6 Å². The van der Waals surface area contributed by atoms with Gasteiger partial charge in [0.25, 0.3) is 5.91 Å². The van der Waals surface area contributed by atoms with Crippen LogP contribution in [0.3, 0.4) is 0 Å². The van der Waals surface area contributed by atoms with Crippen molar-refractivity contribution in [2.75, 3.05) is 11.1 Å². The number of benzene rings is 1. The molecule has 0 aliphatic rings. The number of primary amides is 1. The molecule has 2 aromatic rings. The number of thioether (sulfide) groups is 1. The molecule has 0 saturated carbocycles. The predicted octanol–water partition coefficient (Wildman–Crippen LogP) is 2.59. The van der Waals surface area contributed by atoms with E-state index in [1.165, 1.54) is 23.1 Å². The van der Waals surface area contributed by atoms with Gasteiger partial charge in [0.2, 0.25) is 5.91 Å². The van der Waals surface area contributed by atoms with Gasteiger partial charge >= 0.3 is 0 Å². The highest BCUT2D eigenvalue weighted by atomic mass is 32.2. The molecular weight excluding hydrogens is 306 g/mol. The van der Waals surface area contributed by atoms with E-state index in [9.17, 15) is 9.59 Å². The van der Waals surface area contributed by atoms with Gasteiger partial charge in [-0.2, -0.15) is 0 Å². The number of aryl methyl sites for hydroxylation is 2. The number of hydrogen-bond acceptors (Lipinski definition) is 5. The first-order chi connectivity index (χ1) is 9.95. The van der Waals surface area contributed by atoms with Gasteiger partial charge in [0.15, 0.2) is 5.13 Å². The maximum absolute atomic E-state index is 12.1. The minimum Gasteiger partial charge on any atom is -0.369 e. The third kappa shape index (κ3) is 4.30. The summed E-state index contributed by atoms with van der Waals surface area (Å²) in [6.45, 7) is 3.80. The monoisotopic (exact) mass is 321 g/mol. The highest BCUT2D eigenvalue weighted by Crippen LogP contribution is 2.32. The molecule has 0 radical (unpaired) electrons. The summed E-state index contributed by atoms with van der Waals surface area (Å²) in [7, 11) is 0. The van der Waals surface area contributed by atoms with Crippen LogP contribution in [0.15, 0.2) is 28.5 Å². The Balaban J connectivity index is 2.05. The molecule has 0 aliphatic carbocycles. The van der Waals surface area contributed by atoms with Crippen molar-refractivity contribution in [3.05, 3.63) is 41.1 Å². The number of anilines is 1. The molecule has 7 heteroatoms. The molecular formula is C14H15N3O2S2. The van der Waals surface area contributed by atoms with Crippen LogP contribution in [-0.4, -0.2) is 22.6 Å². The van der Waals surface area contributed by atoms with Crippen molar-refractivity contribution in [2.24, 2.45) is 5.73 Å². The summed E-state index contributed by atoms with van der Waals surface area (Å²) < 4.78 is 0.882. The number of thiazole rings is 1. The van der Waals surface area contributed by atoms with Crippen molar-refractivity contribution in [3.63, 3.8) is 0 Å². The van der Waals surface area contributed by atoms with E-state index in [4.69, 9.17) is 5.73 Å². The topological polar surface area (TPSA) is 85.1 Å². The Kier molecular flexibility index (Phi) is 4.98. The van der Waals surface area contributed by atoms with Gasteiger partial charge in [-0.1, -0.05) is 29.0 Å². The Morgan fingerprint density at radius 1 is 1.29 bits per heavy atom. The van der Waals surface area contributed by atoms with Crippen molar-refractivity contribution in [1.82, 2.24) is 4.98 Å². The lowest BCUT2D eigenvalue weighted by Gasteiger charge is -2.01. The van der Waals surface area contributed by atoms with Gasteiger partial charge in [-0.15, -0.1) is 11.8 Å². The average Bonchev–Trinajstić information content (AvgIpc) is 2.77. The van der Waals surface area contributed by atoms with E-state index >= 15 is 0 Å². The van der Waals surface area contributed by atoms with Crippen LogP contribution in [0.2, 0.25) is 0 Å². The van der Waals surface area contributed by atoms with Crippen LogP contribution in [0.4, 0.5) is 5.13 Å². The second kappa shape index (κ2) is 6.73. The Labute approximate surface area is 131 Å². The second-order valence-corrected chi connectivity index (χ2v) is 6.71. The standard InChI is InChI=1S/C14H15N3O2S2/c1-8-3-5-10(6-4-8)12(19)17-14-16-9(2)13(21-14)20-7-11(15)18/h3-6H,7H2,1-2H3,(H2,15,18)(H,16,17,19). The summed E-state index contributed by atoms with van der Waals surface area (Å²) in [5.41, 5.74) is 7.59. The Hall–Kier alpha value is -1.86. The minimum atomic E-state index is -0.377. The number of carbonyl (C=O) groups is 2. The number of carbonyl (C=O) groups excluding carboxylic acids is 2. The lowest BCUT2D eigenvalue weighted by molar-refractivity contribution is -0.115. The van der Waals surface area contributed by atoms with E-state index in [-0.39, 0.29) is 17.6 Å². The Morgan fingerprint density at radius 2 is 1.95 bits per heavy atom. The number of nitrogens with one attached hydrogen (secondary N) is 1. The first kappa shape index (κ1) is 15.5. The summed E-state index contributed by atoms with van der Waals surface area (Å²) in [6.07, 6.45) is 0. The first-order valence-electron chi connectivity index (χ1n) is 6.22. The number of nitrogens with two attached hydrogens (primary N) is 1. The third-order valence-electron chi connectivity index (χ3n) is 2.63. The van der Waals surface area contributed by atoms with E-state index < -0.39 is 0 Å². The highest BCUT2D eigenvalue weighted by Gasteiger charge is 2.12. The zero-order valence-corrected chi connectivity index (χ0v) is 13.3. The largest absolute Gasteiger partial charge is 0.369 e. The zero-order valence-electron chi connectivity index (χ0n) is 11.7. The molecule has 0 spiro atoms. The van der Waals surface area contributed by atoms with Crippen LogP contribution in [0.25, 0.3) is 0 Å². The van der Waals surface area contributed by atoms with Gasteiger partial charge < -0.3 is 5.73 Å². The maximum atomic E-state index is 12.1. The molecule has 1 heterocycles. The normalized spacial score (nSPS) is 10.4. The van der Waals surface area contributed by atoms with Gasteiger partial charge in [0, 0.05) is 5.56 Å². The molecule has 21 heavy (non-hydrogen) atoms. The Bertz CT molecular complexity index is 665. The quantitative estimate of drug-likeness (QED) is 0.829. The van der Waals surface area contributed by atoms with E-state index in [1.54, 1.807) is 12.1 Å². The van der Waals surface area contributed by atoms with Crippen molar-refractivity contribution >= 4 is 40.0 Å². The van der Waals surface area contributed by atoms with Crippen LogP contribution in [0.5, 0.6) is 0 Å². The van der Waals surface area contributed by atoms with Gasteiger partial charge in [0.1, 0.15) is 0 Å². The molecule has 0 aliphatic heterocycles. The van der Waals surface area contributed by atoms with Crippen LogP contribution >= 0.6 is 23.1 Å². The van der Waals surface area contributed by atoms with Crippen LogP contribution < -0.4 is 11.1 Å². The van der Waals surface area contributed by atoms with Crippen molar-refractivity contribution in [2.45, 2.75) is 18.1 Å². The molecule has 1 aromatic heterocycles. The smallest absolute Gasteiger partial charge is 0.257 e. The molecule has 2 rings (SSSR count). The molecule has 2 amide bonds. The van der Waals surface area contributed by atoms with Gasteiger partial charge in [0.05, 0.1) is 15.7 Å². The van der Waals surface area contributed by atoms with Crippen molar-refractivity contribution in [1.29, 1.82) is 0 Å². The number of amides is 2. The lowest BCUT2D eigenvalue weighted by Crippen LogP contribution is -2.12. The van der Waals surface area contributed by atoms with Crippen LogP contribution in [-0.2, 0) is 4.79 Å². The molecule has 3 N–H and O–H groups in total. The fourth-order valence-electron chi connectivity index (χ4n) is 1.58. The first-order valence-corrected chi connectivity index (χ1v) is 8.02. The summed E-state index contributed by atoms with van der Waals surface area (Å²) >= 11 is 2.67. The van der Waals surface area contributed by atoms with Crippen molar-refractivity contribution < 1.29 is 9.59 Å². The SMILES string of the molecule is Cc1ccc(C(=O)Nc2nc(C)c(SCC(N)=O)s2)cc1. The summed E-state index contributed by atoms with van der Waals surface area (Å²) in [6, 6.07) is 7.31. The average molecular weight is 321 g/mol. The molecule has 0 saturated heterocycles. The molecule has 110 valence electrons. The zero-order chi connectivity index (χ0) is 15.4. The molecule has 0 atom stereocenters. The fourth-order valence-corrected chi connectivity index (χ4v) is 3.45. The molecule has 1 aromatic carbocycles. The summed E-state index contributed by atoms with van der Waals surface area (Å²) in [5, 5.41) is 3.28. The minimum absolute atomic E-state index is 0.199. The molecule has 0 unspecified atom stereocenters. The molecule has 0 bridgehead atoms. The summed E-state index contributed by atoms with van der Waals surface area (Å²) in [4.78, 5) is 27.2. The number of aromatic nitrogens is 1. The van der Waals surface area contributed by atoms with Gasteiger partial charge in [-0.25, -0.2) is 4.98 Å². The lowest BCUT2D eigenvalue weighted by atomic mass is 10.1. The van der Waals surface area contributed by atoms with Crippen molar-refractivity contribution in [3.8, 4) is 0 Å². The van der Waals surface area contributed by atoms with E-state index in [1.807, 2.05) is 26.0 Å². The van der Waals surface area contributed by atoms with E-state index in [0.29, 0.717) is 10.7 Å². The van der Waals surface area contributed by atoms with Crippen LogP contribution in [0, 0.1) is 13.8 Å². The van der Waals surface area contributed by atoms with E-state index in [2.05, 4.69) is 10.3 Å². The Morgan fingerprint density at radius 3 is 2.57 bits per heavy atom. The summed E-state index contributed by atoms with van der Waals surface area (Å²) in [5.74, 6) is -0.373. The predicted molar refractivity (Wildman–Crippen MR) is 85.9 cm³/mol. The third-order valence-corrected chi connectivity index (χ3v) is 5.09. The number of hydrogen-bond donors (Lipinski definition) is 2. The van der Waals surface area contributed by atoms with E-state index in [0.717, 1.165) is 15.5 Å². The number of rotatable bonds is 5. The maximum Gasteiger partial charge on any atom is 0.257 e. The van der Waals surface area contributed by atoms with Gasteiger partial charge in [-0.3, -0.25) is 14.9 Å². The number of nitrogens with zero attached hydrogens (tertiary/aromatic N) is 1. The second-order valence-electron chi connectivity index (χ2n) is 4.47. The van der Waals surface area contributed by atoms with Gasteiger partial charge in [-0.05, 0) is 26.0 Å². The highest BCUT2D eigenvalue weighted by molar-refractivity contribution is 8.01.